The van der Waals surface area contributed by atoms with Gasteiger partial charge in [-0.2, -0.15) is 0 Å². The first-order chi connectivity index (χ1) is 9.72. The Hall–Kier alpha value is -1.88. The zero-order chi connectivity index (χ0) is 14.1. The number of aryl methyl sites for hydroxylation is 2. The molecule has 4 nitrogen and oxygen atoms in total. The van der Waals surface area contributed by atoms with E-state index in [9.17, 15) is 0 Å². The van der Waals surface area contributed by atoms with Gasteiger partial charge in [-0.05, 0) is 38.0 Å². The van der Waals surface area contributed by atoms with E-state index in [4.69, 9.17) is 4.42 Å². The smallest absolute Gasteiger partial charge is 0.199 e. The summed E-state index contributed by atoms with van der Waals surface area (Å²) in [7, 11) is 0. The van der Waals surface area contributed by atoms with Crippen LogP contribution in [-0.4, -0.2) is 16.5 Å². The monoisotopic (exact) mass is 287 g/mol. The summed E-state index contributed by atoms with van der Waals surface area (Å²) in [5, 5.41) is 4.42. The number of nitrogens with one attached hydrogen (secondary N) is 1. The number of hydrogen-bond acceptors (Lipinski definition) is 5. The van der Waals surface area contributed by atoms with E-state index in [1.807, 2.05) is 13.0 Å². The van der Waals surface area contributed by atoms with Gasteiger partial charge in [-0.25, -0.2) is 9.97 Å². The Morgan fingerprint density at radius 3 is 2.80 bits per heavy atom. The molecule has 0 amide bonds. The Morgan fingerprint density at radius 1 is 1.30 bits per heavy atom. The molecule has 3 heterocycles. The first kappa shape index (κ1) is 13.1. The zero-order valence-electron chi connectivity index (χ0n) is 11.9. The molecule has 1 N–H and O–H groups in total. The number of anilines is 1. The molecule has 0 fully saturated rings. The van der Waals surface area contributed by atoms with Crippen LogP contribution >= 0.6 is 11.3 Å². The van der Waals surface area contributed by atoms with E-state index in [1.54, 1.807) is 17.6 Å². The summed E-state index contributed by atoms with van der Waals surface area (Å²) in [6.45, 7) is 7.06. The van der Waals surface area contributed by atoms with Crippen LogP contribution in [0, 0.1) is 6.92 Å². The van der Waals surface area contributed by atoms with E-state index in [2.05, 4.69) is 35.2 Å². The van der Waals surface area contributed by atoms with Crippen LogP contribution in [0.15, 0.2) is 22.8 Å². The van der Waals surface area contributed by atoms with Gasteiger partial charge in [0.1, 0.15) is 10.6 Å². The van der Waals surface area contributed by atoms with Crippen molar-refractivity contribution in [1.29, 1.82) is 0 Å². The topological polar surface area (TPSA) is 51.0 Å². The largest absolute Gasteiger partial charge is 0.461 e. The van der Waals surface area contributed by atoms with Gasteiger partial charge in [0, 0.05) is 11.4 Å². The molecule has 0 aromatic carbocycles. The van der Waals surface area contributed by atoms with E-state index in [-0.39, 0.29) is 0 Å². The van der Waals surface area contributed by atoms with Gasteiger partial charge >= 0.3 is 0 Å². The van der Waals surface area contributed by atoms with Crippen molar-refractivity contribution in [2.24, 2.45) is 0 Å². The highest BCUT2D eigenvalue weighted by Gasteiger charge is 2.15. The lowest BCUT2D eigenvalue weighted by atomic mass is 10.2. The summed E-state index contributed by atoms with van der Waals surface area (Å²) >= 11 is 1.72. The fourth-order valence-corrected chi connectivity index (χ4v) is 3.12. The highest BCUT2D eigenvalue weighted by Crippen LogP contribution is 2.32. The van der Waals surface area contributed by atoms with E-state index < -0.39 is 0 Å². The number of nitrogens with zero attached hydrogens (tertiary/aromatic N) is 2. The second-order valence-corrected chi connectivity index (χ2v) is 5.76. The molecule has 0 bridgehead atoms. The molecule has 3 aromatic heterocycles. The molecule has 0 saturated carbocycles. The average Bonchev–Trinajstić information content (AvgIpc) is 3.04. The zero-order valence-corrected chi connectivity index (χ0v) is 12.7. The molecule has 0 aliphatic rings. The first-order valence-corrected chi connectivity index (χ1v) is 7.63. The van der Waals surface area contributed by atoms with Crippen molar-refractivity contribution in [2.45, 2.75) is 27.2 Å². The number of hydrogen-bond donors (Lipinski definition) is 1. The molecule has 0 atom stereocenters. The molecule has 5 heteroatoms. The van der Waals surface area contributed by atoms with E-state index in [1.165, 1.54) is 4.88 Å². The van der Waals surface area contributed by atoms with Crippen LogP contribution in [0.4, 0.5) is 5.82 Å². The number of furan rings is 1. The van der Waals surface area contributed by atoms with Gasteiger partial charge in [0.2, 0.25) is 0 Å². The van der Waals surface area contributed by atoms with Gasteiger partial charge < -0.3 is 9.73 Å². The lowest BCUT2D eigenvalue weighted by Crippen LogP contribution is -2.01. The SMILES string of the molecule is CCNc1nc(-c2occc2C)nc2sc(CC)cc12. The molecule has 104 valence electrons. The molecule has 0 saturated heterocycles. The molecule has 0 radical (unpaired) electrons. The predicted octanol–water partition coefficient (Wildman–Crippen LogP) is 4.25. The number of aromatic nitrogens is 2. The van der Waals surface area contributed by atoms with Crippen molar-refractivity contribution in [1.82, 2.24) is 9.97 Å². The average molecular weight is 287 g/mol. The summed E-state index contributed by atoms with van der Waals surface area (Å²) in [5.74, 6) is 2.29. The minimum Gasteiger partial charge on any atom is -0.461 e. The summed E-state index contributed by atoms with van der Waals surface area (Å²) in [5.41, 5.74) is 1.05. The second-order valence-electron chi connectivity index (χ2n) is 4.64. The van der Waals surface area contributed by atoms with Gasteiger partial charge in [0.15, 0.2) is 11.6 Å². The van der Waals surface area contributed by atoms with Gasteiger partial charge in [-0.15, -0.1) is 11.3 Å². The molecule has 3 rings (SSSR count). The van der Waals surface area contributed by atoms with E-state index >= 15 is 0 Å². The third kappa shape index (κ3) is 2.18. The van der Waals surface area contributed by atoms with Crippen LogP contribution in [0.5, 0.6) is 0 Å². The molecular weight excluding hydrogens is 270 g/mol. The quantitative estimate of drug-likeness (QED) is 0.779. The third-order valence-corrected chi connectivity index (χ3v) is 4.37. The predicted molar refractivity (Wildman–Crippen MR) is 83.4 cm³/mol. The molecule has 3 aromatic rings. The van der Waals surface area contributed by atoms with Crippen LogP contribution in [0.25, 0.3) is 21.8 Å². The van der Waals surface area contributed by atoms with Gasteiger partial charge in [0.05, 0.1) is 11.6 Å². The Labute approximate surface area is 121 Å². The molecule has 0 aliphatic carbocycles. The molecule has 0 spiro atoms. The van der Waals surface area contributed by atoms with Gasteiger partial charge in [-0.1, -0.05) is 6.92 Å². The molecule has 0 unspecified atom stereocenters. The van der Waals surface area contributed by atoms with Crippen LogP contribution in [-0.2, 0) is 6.42 Å². The summed E-state index contributed by atoms with van der Waals surface area (Å²) in [6.07, 6.45) is 2.69. The van der Waals surface area contributed by atoms with Crippen molar-refractivity contribution in [3.63, 3.8) is 0 Å². The Bertz CT molecular complexity index is 745. The Balaban J connectivity index is 2.21. The van der Waals surface area contributed by atoms with Crippen LogP contribution in [0.1, 0.15) is 24.3 Å². The summed E-state index contributed by atoms with van der Waals surface area (Å²) < 4.78 is 5.52. The molecule has 20 heavy (non-hydrogen) atoms. The number of rotatable bonds is 4. The van der Waals surface area contributed by atoms with Gasteiger partial charge in [0.25, 0.3) is 0 Å². The normalized spacial score (nSPS) is 11.2. The van der Waals surface area contributed by atoms with Crippen LogP contribution in [0.2, 0.25) is 0 Å². The van der Waals surface area contributed by atoms with Crippen LogP contribution in [0.3, 0.4) is 0 Å². The maximum absolute atomic E-state index is 5.52. The van der Waals surface area contributed by atoms with Crippen molar-refractivity contribution in [2.75, 3.05) is 11.9 Å². The number of thiophene rings is 1. The van der Waals surface area contributed by atoms with Crippen molar-refractivity contribution < 1.29 is 4.42 Å². The summed E-state index contributed by atoms with van der Waals surface area (Å²) in [6, 6.07) is 4.11. The minimum absolute atomic E-state index is 0.653. The van der Waals surface area contributed by atoms with Crippen molar-refractivity contribution in [3.8, 4) is 11.6 Å². The maximum atomic E-state index is 5.52. The van der Waals surface area contributed by atoms with Crippen molar-refractivity contribution >= 4 is 27.4 Å². The number of fused-ring (bicyclic) bond motifs is 1. The lowest BCUT2D eigenvalue weighted by molar-refractivity contribution is 0.576. The molecular formula is C15H17N3OS. The Kier molecular flexibility index (Phi) is 3.44. The van der Waals surface area contributed by atoms with E-state index in [0.717, 1.165) is 40.3 Å². The Morgan fingerprint density at radius 2 is 2.15 bits per heavy atom. The highest BCUT2D eigenvalue weighted by molar-refractivity contribution is 7.18. The standard InChI is InChI=1S/C15H17N3OS/c1-4-10-8-11-13(16-5-2)17-14(18-15(11)20-10)12-9(3)6-7-19-12/h6-8H,4-5H2,1-3H3,(H,16,17,18). The fourth-order valence-electron chi connectivity index (χ4n) is 2.15. The van der Waals surface area contributed by atoms with Crippen molar-refractivity contribution in [3.05, 3.63) is 28.8 Å². The third-order valence-electron chi connectivity index (χ3n) is 3.20. The highest BCUT2D eigenvalue weighted by atomic mass is 32.1. The first-order valence-electron chi connectivity index (χ1n) is 6.81. The maximum Gasteiger partial charge on any atom is 0.199 e. The summed E-state index contributed by atoms with van der Waals surface area (Å²) in [4.78, 5) is 11.6. The van der Waals surface area contributed by atoms with E-state index in [0.29, 0.717) is 5.82 Å². The fraction of sp³-hybridized carbons (Fsp3) is 0.333. The van der Waals surface area contributed by atoms with Crippen LogP contribution < -0.4 is 5.32 Å². The minimum atomic E-state index is 0.653. The second kappa shape index (κ2) is 5.25. The molecule has 0 aliphatic heterocycles. The lowest BCUT2D eigenvalue weighted by Gasteiger charge is -2.06. The van der Waals surface area contributed by atoms with Gasteiger partial charge in [-0.3, -0.25) is 0 Å².